The zero-order valence-corrected chi connectivity index (χ0v) is 15.3. The van der Waals surface area contributed by atoms with Crippen molar-refractivity contribution >= 4 is 11.9 Å². The van der Waals surface area contributed by atoms with Crippen molar-refractivity contribution in [2.24, 2.45) is 5.92 Å². The van der Waals surface area contributed by atoms with Crippen molar-refractivity contribution in [3.05, 3.63) is 35.9 Å². The van der Waals surface area contributed by atoms with E-state index in [-0.39, 0.29) is 17.9 Å². The molecule has 2 heterocycles. The number of likely N-dealkylation sites (tertiary alicyclic amines) is 1. The van der Waals surface area contributed by atoms with E-state index in [4.69, 9.17) is 0 Å². The van der Waals surface area contributed by atoms with E-state index in [0.717, 1.165) is 45.3 Å². The fourth-order valence-electron chi connectivity index (χ4n) is 4.16. The Labute approximate surface area is 150 Å². The number of piperidine rings is 1. The van der Waals surface area contributed by atoms with Crippen LogP contribution >= 0.6 is 0 Å². The molecule has 2 saturated heterocycles. The summed E-state index contributed by atoms with van der Waals surface area (Å²) < 4.78 is 0. The lowest BCUT2D eigenvalue weighted by Gasteiger charge is -2.39. The van der Waals surface area contributed by atoms with Gasteiger partial charge in [-0.1, -0.05) is 30.3 Å². The molecule has 0 aliphatic carbocycles. The van der Waals surface area contributed by atoms with E-state index in [9.17, 15) is 9.59 Å². The number of nitrogens with zero attached hydrogens (tertiary/aromatic N) is 2. The Morgan fingerprint density at radius 3 is 2.68 bits per heavy atom. The number of carbonyl (C=O) groups is 2. The molecule has 0 bridgehead atoms. The first kappa shape index (κ1) is 17.9. The van der Waals surface area contributed by atoms with Crippen LogP contribution in [-0.4, -0.2) is 53.5 Å². The lowest BCUT2D eigenvalue weighted by atomic mass is 9.80. The minimum absolute atomic E-state index is 0.0591. The van der Waals surface area contributed by atoms with E-state index in [0.29, 0.717) is 6.54 Å². The fourth-order valence-corrected chi connectivity index (χ4v) is 4.16. The van der Waals surface area contributed by atoms with Gasteiger partial charge in [-0.05, 0) is 58.2 Å². The minimum atomic E-state index is -0.745. The Kier molecular flexibility index (Phi) is 5.42. The van der Waals surface area contributed by atoms with Crippen molar-refractivity contribution < 1.29 is 9.59 Å². The van der Waals surface area contributed by atoms with Crippen LogP contribution in [-0.2, 0) is 11.2 Å². The van der Waals surface area contributed by atoms with Gasteiger partial charge in [-0.3, -0.25) is 9.69 Å². The summed E-state index contributed by atoms with van der Waals surface area (Å²) >= 11 is 0. The average molecular weight is 343 g/mol. The summed E-state index contributed by atoms with van der Waals surface area (Å²) in [6, 6.07) is 10.3. The average Bonchev–Trinajstić information content (AvgIpc) is 2.85. The number of amides is 3. The van der Waals surface area contributed by atoms with E-state index >= 15 is 0 Å². The Hall–Kier alpha value is -1.88. The van der Waals surface area contributed by atoms with Crippen molar-refractivity contribution in [2.45, 2.75) is 45.1 Å². The van der Waals surface area contributed by atoms with Gasteiger partial charge in [0, 0.05) is 19.0 Å². The molecule has 3 rings (SSSR count). The monoisotopic (exact) mass is 343 g/mol. The first-order valence-electron chi connectivity index (χ1n) is 9.45. The van der Waals surface area contributed by atoms with Crippen LogP contribution < -0.4 is 5.32 Å². The van der Waals surface area contributed by atoms with Gasteiger partial charge in [0.15, 0.2) is 0 Å². The van der Waals surface area contributed by atoms with Crippen molar-refractivity contribution in [3.63, 3.8) is 0 Å². The Morgan fingerprint density at radius 1 is 1.24 bits per heavy atom. The zero-order chi connectivity index (χ0) is 17.9. The fraction of sp³-hybridized carbons (Fsp3) is 0.600. The summed E-state index contributed by atoms with van der Waals surface area (Å²) in [4.78, 5) is 28.6. The Balaban J connectivity index is 1.56. The molecule has 0 saturated carbocycles. The number of hydrogen-bond acceptors (Lipinski definition) is 3. The molecule has 2 aliphatic heterocycles. The molecule has 2 aliphatic rings. The summed E-state index contributed by atoms with van der Waals surface area (Å²) in [5.74, 6) is 0.127. The molecule has 0 unspecified atom stereocenters. The predicted molar refractivity (Wildman–Crippen MR) is 98.3 cm³/mol. The van der Waals surface area contributed by atoms with Crippen LogP contribution in [0.25, 0.3) is 0 Å². The van der Waals surface area contributed by atoms with Crippen LogP contribution in [0.15, 0.2) is 30.3 Å². The number of benzene rings is 1. The maximum absolute atomic E-state index is 12.7. The lowest BCUT2D eigenvalue weighted by molar-refractivity contribution is -0.133. The van der Waals surface area contributed by atoms with Gasteiger partial charge in [0.05, 0.1) is 0 Å². The zero-order valence-electron chi connectivity index (χ0n) is 15.3. The largest absolute Gasteiger partial charge is 0.325 e. The third-order valence-electron chi connectivity index (χ3n) is 5.72. The number of nitrogens with one attached hydrogen (secondary N) is 1. The van der Waals surface area contributed by atoms with E-state index < -0.39 is 5.54 Å². The SMILES string of the molecule is CCN1C(=O)N[C@](C)([C@@H]2CCCN(CCCc3ccccc3)C2)C1=O. The lowest BCUT2D eigenvalue weighted by Crippen LogP contribution is -2.56. The second-order valence-electron chi connectivity index (χ2n) is 7.41. The maximum Gasteiger partial charge on any atom is 0.325 e. The van der Waals surface area contributed by atoms with Gasteiger partial charge in [0.1, 0.15) is 5.54 Å². The van der Waals surface area contributed by atoms with Gasteiger partial charge in [0.25, 0.3) is 5.91 Å². The molecule has 25 heavy (non-hydrogen) atoms. The highest BCUT2D eigenvalue weighted by Gasteiger charge is 2.52. The molecule has 3 amide bonds. The van der Waals surface area contributed by atoms with Crippen LogP contribution in [0.2, 0.25) is 0 Å². The number of rotatable bonds is 6. The molecule has 1 aromatic carbocycles. The number of carbonyl (C=O) groups excluding carboxylic acids is 2. The smallest absolute Gasteiger partial charge is 0.323 e. The van der Waals surface area contributed by atoms with E-state index in [1.807, 2.05) is 19.9 Å². The quantitative estimate of drug-likeness (QED) is 0.808. The number of hydrogen-bond donors (Lipinski definition) is 1. The van der Waals surface area contributed by atoms with Gasteiger partial charge in [-0.2, -0.15) is 0 Å². The normalized spacial score (nSPS) is 27.6. The van der Waals surface area contributed by atoms with E-state index in [1.165, 1.54) is 10.5 Å². The molecule has 0 radical (unpaired) electrons. The standard InChI is InChI=1S/C20H29N3O2/c1-3-23-18(24)20(2,21-19(23)25)17-12-8-14-22(15-17)13-7-11-16-9-5-4-6-10-16/h4-6,9-10,17H,3,7-8,11-15H2,1-2H3,(H,21,25)/t17-,20-/m1/s1. The summed E-state index contributed by atoms with van der Waals surface area (Å²) in [5, 5.41) is 2.96. The summed E-state index contributed by atoms with van der Waals surface area (Å²) in [6.45, 7) is 7.20. The van der Waals surface area contributed by atoms with Crippen LogP contribution in [0, 0.1) is 5.92 Å². The van der Waals surface area contributed by atoms with Gasteiger partial charge in [-0.15, -0.1) is 0 Å². The maximum atomic E-state index is 12.7. The molecule has 0 aromatic heterocycles. The molecular weight excluding hydrogens is 314 g/mol. The van der Waals surface area contributed by atoms with Crippen molar-refractivity contribution in [1.82, 2.24) is 15.1 Å². The highest BCUT2D eigenvalue weighted by atomic mass is 16.2. The Morgan fingerprint density at radius 2 is 2.00 bits per heavy atom. The molecule has 0 spiro atoms. The molecule has 2 fully saturated rings. The first-order chi connectivity index (χ1) is 12.0. The van der Waals surface area contributed by atoms with Crippen LogP contribution in [0.3, 0.4) is 0 Å². The number of imide groups is 1. The first-order valence-corrected chi connectivity index (χ1v) is 9.45. The second-order valence-corrected chi connectivity index (χ2v) is 7.41. The summed E-state index contributed by atoms with van der Waals surface area (Å²) in [6.07, 6.45) is 4.28. The van der Waals surface area contributed by atoms with E-state index in [1.54, 1.807) is 0 Å². The summed E-state index contributed by atoms with van der Waals surface area (Å²) in [5.41, 5.74) is 0.630. The van der Waals surface area contributed by atoms with Gasteiger partial charge >= 0.3 is 6.03 Å². The second kappa shape index (κ2) is 7.56. The number of aryl methyl sites for hydroxylation is 1. The van der Waals surface area contributed by atoms with Crippen LogP contribution in [0.5, 0.6) is 0 Å². The minimum Gasteiger partial charge on any atom is -0.323 e. The van der Waals surface area contributed by atoms with Gasteiger partial charge < -0.3 is 10.2 Å². The molecule has 1 N–H and O–H groups in total. The molecular formula is C20H29N3O2. The van der Waals surface area contributed by atoms with Gasteiger partial charge in [0.2, 0.25) is 0 Å². The Bertz CT molecular complexity index is 619. The predicted octanol–water partition coefficient (Wildman–Crippen LogP) is 2.66. The van der Waals surface area contributed by atoms with Crippen molar-refractivity contribution in [3.8, 4) is 0 Å². The highest BCUT2D eigenvalue weighted by molar-refractivity contribution is 6.07. The number of urea groups is 1. The third kappa shape index (κ3) is 3.71. The van der Waals surface area contributed by atoms with Crippen molar-refractivity contribution in [1.29, 1.82) is 0 Å². The topological polar surface area (TPSA) is 52.7 Å². The third-order valence-corrected chi connectivity index (χ3v) is 5.72. The van der Waals surface area contributed by atoms with E-state index in [2.05, 4.69) is 34.5 Å². The molecule has 136 valence electrons. The van der Waals surface area contributed by atoms with Gasteiger partial charge in [-0.25, -0.2) is 4.79 Å². The van der Waals surface area contributed by atoms with Crippen LogP contribution in [0.4, 0.5) is 4.79 Å². The molecule has 2 atom stereocenters. The molecule has 1 aromatic rings. The molecule has 5 heteroatoms. The summed E-state index contributed by atoms with van der Waals surface area (Å²) in [7, 11) is 0. The highest BCUT2D eigenvalue weighted by Crippen LogP contribution is 2.32. The molecule has 5 nitrogen and oxygen atoms in total. The van der Waals surface area contributed by atoms with Crippen molar-refractivity contribution in [2.75, 3.05) is 26.2 Å². The number of likely N-dealkylation sites (N-methyl/N-ethyl adjacent to an activating group) is 1. The van der Waals surface area contributed by atoms with Crippen LogP contribution in [0.1, 0.15) is 38.7 Å².